The summed E-state index contributed by atoms with van der Waals surface area (Å²) in [6, 6.07) is -1.26. The predicted molar refractivity (Wildman–Crippen MR) is 125 cm³/mol. The standard InChI is InChI=1S/C22H37N3O8S/c1-5-7-32-22(30)25-6-8-31-18-12(10-25)9-23-14(18)20(29)24-13(11(2)3)19-16(27)15(26)17(28)21(33-19)34-4/h5,11-19,21,23,26-28H,1,6-10H2,2-4H3,(H,24,29)/t12-,13-,14+,15?,16?,17-,18-,19-,21?/m1/s1. The molecule has 3 aliphatic rings. The number of aliphatic hydroxyl groups excluding tert-OH is 3. The molecule has 0 bridgehead atoms. The first kappa shape index (κ1) is 27.2. The second kappa shape index (κ2) is 12.0. The molecule has 0 aromatic heterocycles. The fraction of sp³-hybridized carbons (Fsp3) is 0.818. The third-order valence-corrected chi connectivity index (χ3v) is 7.46. The van der Waals surface area contributed by atoms with Crippen LogP contribution in [0.5, 0.6) is 0 Å². The molecule has 3 heterocycles. The van der Waals surface area contributed by atoms with Gasteiger partial charge >= 0.3 is 6.09 Å². The van der Waals surface area contributed by atoms with Crippen molar-refractivity contribution < 1.29 is 39.1 Å². The van der Waals surface area contributed by atoms with Crippen molar-refractivity contribution >= 4 is 23.8 Å². The maximum atomic E-state index is 13.3. The van der Waals surface area contributed by atoms with Crippen molar-refractivity contribution in [2.45, 2.75) is 61.9 Å². The maximum Gasteiger partial charge on any atom is 0.410 e. The zero-order chi connectivity index (χ0) is 25.0. The number of nitrogens with one attached hydrogen (secondary N) is 2. The van der Waals surface area contributed by atoms with E-state index in [4.69, 9.17) is 14.2 Å². The van der Waals surface area contributed by atoms with E-state index < -0.39 is 54.1 Å². The van der Waals surface area contributed by atoms with Gasteiger partial charge in [-0.15, -0.1) is 11.8 Å². The molecule has 3 rings (SSSR count). The van der Waals surface area contributed by atoms with E-state index >= 15 is 0 Å². The molecule has 0 spiro atoms. The van der Waals surface area contributed by atoms with Crippen molar-refractivity contribution in [1.82, 2.24) is 15.5 Å². The molecular formula is C22H37N3O8S. The lowest BCUT2D eigenvalue weighted by molar-refractivity contribution is -0.208. The van der Waals surface area contributed by atoms with Crippen LogP contribution in [0, 0.1) is 11.8 Å². The zero-order valence-electron chi connectivity index (χ0n) is 19.8. The van der Waals surface area contributed by atoms with E-state index in [1.807, 2.05) is 13.8 Å². The molecule has 12 heteroatoms. The molecule has 3 fully saturated rings. The van der Waals surface area contributed by atoms with Gasteiger partial charge in [0.15, 0.2) is 0 Å². The number of carbonyl (C=O) groups is 2. The van der Waals surface area contributed by atoms with Gasteiger partial charge in [0.25, 0.3) is 0 Å². The number of rotatable bonds is 7. The summed E-state index contributed by atoms with van der Waals surface area (Å²) in [5.41, 5.74) is -0.729. The SMILES string of the molecule is C=CCOC(=O)N1CCO[C@@H]2[C@H](CN[C@@H]2C(=O)N[C@H](C(C)C)[C@H]2OC(SC)[C@H](O)C(O)C2O)C1. The fourth-order valence-electron chi connectivity index (χ4n) is 4.73. The number of fused-ring (bicyclic) bond motifs is 1. The van der Waals surface area contributed by atoms with Crippen LogP contribution < -0.4 is 10.6 Å². The summed E-state index contributed by atoms with van der Waals surface area (Å²) >= 11 is 1.22. The molecule has 5 N–H and O–H groups in total. The maximum absolute atomic E-state index is 13.3. The van der Waals surface area contributed by atoms with Gasteiger partial charge in [0.05, 0.1) is 18.8 Å². The minimum atomic E-state index is -1.39. The van der Waals surface area contributed by atoms with Crippen LogP contribution in [0.15, 0.2) is 12.7 Å². The number of thioether (sulfide) groups is 1. The summed E-state index contributed by atoms with van der Waals surface area (Å²) in [4.78, 5) is 27.1. The Morgan fingerprint density at radius 2 is 2.03 bits per heavy atom. The Labute approximate surface area is 204 Å². The van der Waals surface area contributed by atoms with Crippen molar-refractivity contribution in [3.8, 4) is 0 Å². The summed E-state index contributed by atoms with van der Waals surface area (Å²) in [5, 5.41) is 37.2. The third-order valence-electron chi connectivity index (χ3n) is 6.60. The summed E-state index contributed by atoms with van der Waals surface area (Å²) < 4.78 is 17.0. The molecule has 3 saturated heterocycles. The van der Waals surface area contributed by atoms with Gasteiger partial charge in [-0.2, -0.15) is 0 Å². The van der Waals surface area contributed by atoms with Gasteiger partial charge in [-0.1, -0.05) is 26.5 Å². The highest BCUT2D eigenvalue weighted by molar-refractivity contribution is 7.99. The Morgan fingerprint density at radius 1 is 1.29 bits per heavy atom. The van der Waals surface area contributed by atoms with Crippen LogP contribution in [0.25, 0.3) is 0 Å². The summed E-state index contributed by atoms with van der Waals surface area (Å²) in [6.07, 6.45) is -2.52. The second-order valence-electron chi connectivity index (χ2n) is 9.25. The minimum Gasteiger partial charge on any atom is -0.445 e. The number of hydrogen-bond acceptors (Lipinski definition) is 10. The van der Waals surface area contributed by atoms with Crippen LogP contribution in [0.1, 0.15) is 13.8 Å². The Hall–Kier alpha value is -1.41. The number of hydrogen-bond donors (Lipinski definition) is 5. The van der Waals surface area contributed by atoms with Crippen molar-refractivity contribution in [3.05, 3.63) is 12.7 Å². The molecule has 9 atom stereocenters. The predicted octanol–water partition coefficient (Wildman–Crippen LogP) is -1.09. The first-order chi connectivity index (χ1) is 16.2. The molecule has 0 radical (unpaired) electrons. The van der Waals surface area contributed by atoms with Crippen molar-refractivity contribution in [3.63, 3.8) is 0 Å². The molecule has 3 aliphatic heterocycles. The fourth-order valence-corrected chi connectivity index (χ4v) is 5.41. The average Bonchev–Trinajstić information content (AvgIpc) is 3.09. The topological polar surface area (TPSA) is 150 Å². The summed E-state index contributed by atoms with van der Waals surface area (Å²) in [6.45, 7) is 8.96. The van der Waals surface area contributed by atoms with E-state index in [0.717, 1.165) is 0 Å². The lowest BCUT2D eigenvalue weighted by atomic mass is 9.88. The quantitative estimate of drug-likeness (QED) is 0.271. The number of nitrogens with zero attached hydrogens (tertiary/aromatic N) is 1. The number of aliphatic hydroxyl groups is 3. The molecule has 0 aliphatic carbocycles. The van der Waals surface area contributed by atoms with Crippen molar-refractivity contribution in [2.75, 3.05) is 39.1 Å². The monoisotopic (exact) mass is 503 g/mol. The Morgan fingerprint density at radius 3 is 2.68 bits per heavy atom. The Balaban J connectivity index is 1.67. The third kappa shape index (κ3) is 5.86. The molecule has 34 heavy (non-hydrogen) atoms. The van der Waals surface area contributed by atoms with Gasteiger partial charge in [-0.25, -0.2) is 4.79 Å². The van der Waals surface area contributed by atoms with E-state index in [9.17, 15) is 24.9 Å². The number of ether oxygens (including phenoxy) is 3. The molecule has 2 amide bonds. The lowest BCUT2D eigenvalue weighted by Crippen LogP contribution is -2.65. The van der Waals surface area contributed by atoms with Crippen LogP contribution in [0.2, 0.25) is 0 Å². The summed E-state index contributed by atoms with van der Waals surface area (Å²) in [5.74, 6) is -0.539. The van der Waals surface area contributed by atoms with E-state index in [1.54, 1.807) is 11.2 Å². The molecule has 11 nitrogen and oxygen atoms in total. The van der Waals surface area contributed by atoms with Crippen LogP contribution in [-0.4, -0.2) is 119 Å². The number of amides is 2. The van der Waals surface area contributed by atoms with Crippen LogP contribution in [-0.2, 0) is 19.0 Å². The van der Waals surface area contributed by atoms with Crippen LogP contribution in [0.4, 0.5) is 4.79 Å². The summed E-state index contributed by atoms with van der Waals surface area (Å²) in [7, 11) is 0. The zero-order valence-corrected chi connectivity index (χ0v) is 20.6. The second-order valence-corrected chi connectivity index (χ2v) is 10.2. The van der Waals surface area contributed by atoms with Crippen molar-refractivity contribution in [1.29, 1.82) is 0 Å². The highest BCUT2D eigenvalue weighted by Gasteiger charge is 2.49. The van der Waals surface area contributed by atoms with Gasteiger partial charge in [0.1, 0.15) is 42.5 Å². The van der Waals surface area contributed by atoms with Crippen molar-refractivity contribution in [2.24, 2.45) is 11.8 Å². The smallest absolute Gasteiger partial charge is 0.410 e. The molecule has 0 saturated carbocycles. The van der Waals surface area contributed by atoms with E-state index in [-0.39, 0.29) is 31.0 Å². The van der Waals surface area contributed by atoms with E-state index in [2.05, 4.69) is 17.2 Å². The number of carbonyl (C=O) groups excluding carboxylic acids is 2. The average molecular weight is 504 g/mol. The molecule has 0 aromatic rings. The van der Waals surface area contributed by atoms with E-state index in [0.29, 0.717) is 19.6 Å². The minimum absolute atomic E-state index is 0.0959. The Kier molecular flexibility index (Phi) is 9.61. The van der Waals surface area contributed by atoms with Crippen LogP contribution in [0.3, 0.4) is 0 Å². The molecule has 3 unspecified atom stereocenters. The van der Waals surface area contributed by atoms with Gasteiger partial charge in [0.2, 0.25) is 5.91 Å². The first-order valence-electron chi connectivity index (χ1n) is 11.6. The first-order valence-corrected chi connectivity index (χ1v) is 12.9. The largest absolute Gasteiger partial charge is 0.445 e. The molecule has 194 valence electrons. The van der Waals surface area contributed by atoms with Gasteiger partial charge < -0.3 is 45.1 Å². The normalized spacial score (nSPS) is 37.0. The van der Waals surface area contributed by atoms with Crippen LogP contribution >= 0.6 is 11.8 Å². The molecular weight excluding hydrogens is 466 g/mol. The lowest BCUT2D eigenvalue weighted by Gasteiger charge is -2.44. The highest BCUT2D eigenvalue weighted by Crippen LogP contribution is 2.31. The van der Waals surface area contributed by atoms with Gasteiger partial charge in [-0.3, -0.25) is 4.79 Å². The van der Waals surface area contributed by atoms with Gasteiger partial charge in [0, 0.05) is 25.6 Å². The van der Waals surface area contributed by atoms with E-state index in [1.165, 1.54) is 17.8 Å². The Bertz CT molecular complexity index is 726. The molecule has 0 aromatic carbocycles. The van der Waals surface area contributed by atoms with Gasteiger partial charge in [-0.05, 0) is 12.2 Å². The highest BCUT2D eigenvalue weighted by atomic mass is 32.2.